The van der Waals surface area contributed by atoms with E-state index in [-0.39, 0.29) is 61.0 Å². The number of aryl methyl sites for hydroxylation is 2. The number of benzene rings is 1. The number of rotatable bonds is 18. The summed E-state index contributed by atoms with van der Waals surface area (Å²) in [6.07, 6.45) is -6.16. The van der Waals surface area contributed by atoms with Crippen molar-refractivity contribution in [2.75, 3.05) is 47.2 Å². The first kappa shape index (κ1) is 65.5. The maximum absolute atomic E-state index is 14.6. The van der Waals surface area contributed by atoms with Crippen molar-refractivity contribution in [2.45, 2.75) is 218 Å². The second-order valence-corrected chi connectivity index (χ2v) is 25.8. The number of ether oxygens (including phenoxy) is 7. The predicted molar refractivity (Wildman–Crippen MR) is 297 cm³/mol. The Labute approximate surface area is 471 Å². The van der Waals surface area contributed by atoms with Gasteiger partial charge in [0.05, 0.1) is 64.6 Å². The van der Waals surface area contributed by atoms with E-state index in [0.29, 0.717) is 31.2 Å². The summed E-state index contributed by atoms with van der Waals surface area (Å²) in [7, 11) is 2.42. The van der Waals surface area contributed by atoms with Gasteiger partial charge in [-0.25, -0.2) is 4.79 Å². The third kappa shape index (κ3) is 14.1. The lowest BCUT2D eigenvalue weighted by atomic mass is 9.73. The summed E-state index contributed by atoms with van der Waals surface area (Å²) in [5.41, 5.74) is -2.68. The lowest BCUT2D eigenvalue weighted by molar-refractivity contribution is -0.317. The summed E-state index contributed by atoms with van der Waals surface area (Å²) in [5, 5.41) is 63.1. The average molecular weight is 1150 g/mol. The second kappa shape index (κ2) is 26.5. The Morgan fingerprint density at radius 1 is 0.938 bits per heavy atom. The highest BCUT2D eigenvalue weighted by atomic mass is 32.2. The van der Waals surface area contributed by atoms with E-state index >= 15 is 0 Å². The molecule has 2 aromatic rings. The van der Waals surface area contributed by atoms with E-state index in [1.807, 2.05) is 37.4 Å². The minimum absolute atomic E-state index is 0.0473. The van der Waals surface area contributed by atoms with Crippen molar-refractivity contribution in [2.24, 2.45) is 28.8 Å². The fourth-order valence-corrected chi connectivity index (χ4v) is 14.0. The predicted octanol–water partition coefficient (Wildman–Crippen LogP) is 4.80. The number of hydrogen-bond donors (Lipinski definition) is 6. The van der Waals surface area contributed by atoms with Gasteiger partial charge in [-0.2, -0.15) is 8.42 Å². The highest BCUT2D eigenvalue weighted by Gasteiger charge is 2.55. The highest BCUT2D eigenvalue weighted by molar-refractivity contribution is 7.86. The van der Waals surface area contributed by atoms with Gasteiger partial charge in [0.2, 0.25) is 5.43 Å². The second-order valence-electron chi connectivity index (χ2n) is 24.1. The van der Waals surface area contributed by atoms with Gasteiger partial charge in [0, 0.05) is 68.6 Å². The third-order valence-electron chi connectivity index (χ3n) is 17.8. The van der Waals surface area contributed by atoms with Crippen LogP contribution in [0.2, 0.25) is 0 Å². The molecule has 4 aliphatic rings. The number of carbonyl (C=O) groups excluding carboxylic acids is 1. The molecule has 0 radical (unpaired) electrons. The van der Waals surface area contributed by atoms with Crippen LogP contribution in [0, 0.1) is 23.7 Å². The highest BCUT2D eigenvalue weighted by Crippen LogP contribution is 2.43. The lowest BCUT2D eigenvalue weighted by Gasteiger charge is -2.50. The topological polar surface area (TPSA) is 293 Å². The van der Waals surface area contributed by atoms with Crippen LogP contribution in [0.1, 0.15) is 142 Å². The molecule has 454 valence electrons. The Kier molecular flexibility index (Phi) is 21.7. The molecule has 0 bridgehead atoms. The van der Waals surface area contributed by atoms with Crippen molar-refractivity contribution in [3.8, 4) is 0 Å². The number of aliphatic hydroxyl groups is 3. The largest absolute Gasteiger partial charge is 0.477 e. The van der Waals surface area contributed by atoms with Crippen molar-refractivity contribution in [1.82, 2.24) is 14.8 Å². The SMILES string of the molecule is CC[C@H]1OC(=O)[C@H](C)[C@@H](O[C@H]2C[C@@](C)(OC)[C@@H](OS(=O)(=O)CCNCCCc3cc4c5c(c3)c(=O)c(C(=O)O)cn5C(C)CC4)[C@H](C)O2)[C@H](C)[C@@H](O[C@@H]2O[C@H](C)C[C@H](N(C)C)[C@H]2O)[C@](C)(OC)C[C@@H](C)/C(=N\O)[C@H](C)[C@@H](O)[C@]1(C)O. The van der Waals surface area contributed by atoms with Gasteiger partial charge in [-0.05, 0) is 131 Å². The molecule has 0 amide bonds. The van der Waals surface area contributed by atoms with E-state index in [9.17, 15) is 48.4 Å². The van der Waals surface area contributed by atoms with Gasteiger partial charge >= 0.3 is 11.9 Å². The molecule has 0 aliphatic carbocycles. The van der Waals surface area contributed by atoms with Crippen molar-refractivity contribution in [1.29, 1.82) is 0 Å². The number of hydrogen-bond acceptors (Lipinski definition) is 20. The number of nitrogens with one attached hydrogen (secondary N) is 1. The number of methoxy groups -OCH3 is 2. The Bertz CT molecular complexity index is 2670. The first-order valence-electron chi connectivity index (χ1n) is 28.3. The summed E-state index contributed by atoms with van der Waals surface area (Å²) in [6, 6.07) is 3.52. The molecule has 80 heavy (non-hydrogen) atoms. The van der Waals surface area contributed by atoms with Gasteiger partial charge in [-0.15, -0.1) is 0 Å². The van der Waals surface area contributed by atoms with Crippen LogP contribution in [0.4, 0.5) is 0 Å². The summed E-state index contributed by atoms with van der Waals surface area (Å²) < 4.78 is 80.6. The number of pyridine rings is 1. The van der Waals surface area contributed by atoms with Gasteiger partial charge in [0.15, 0.2) is 12.6 Å². The third-order valence-corrected chi connectivity index (χ3v) is 19.0. The molecular weight excluding hydrogens is 1060 g/mol. The maximum Gasteiger partial charge on any atom is 0.341 e. The van der Waals surface area contributed by atoms with Crippen molar-refractivity contribution in [3.05, 3.63) is 45.2 Å². The van der Waals surface area contributed by atoms with Gasteiger partial charge < -0.3 is 73.6 Å². The molecule has 1 aromatic carbocycles. The zero-order valence-corrected chi connectivity index (χ0v) is 50.4. The summed E-state index contributed by atoms with van der Waals surface area (Å²) in [5.74, 6) is -5.98. The van der Waals surface area contributed by atoms with Crippen molar-refractivity contribution < 1.29 is 81.0 Å². The van der Waals surface area contributed by atoms with Crippen LogP contribution in [-0.2, 0) is 65.1 Å². The average Bonchev–Trinajstić information content (AvgIpc) is 3.51. The Morgan fingerprint density at radius 3 is 2.21 bits per heavy atom. The number of esters is 1. The molecule has 5 heterocycles. The zero-order chi connectivity index (χ0) is 59.6. The van der Waals surface area contributed by atoms with Crippen LogP contribution in [0.25, 0.3) is 10.9 Å². The van der Waals surface area contributed by atoms with Gasteiger partial charge in [-0.1, -0.05) is 38.9 Å². The Balaban J connectivity index is 1.22. The molecule has 3 saturated heterocycles. The number of oxime groups is 1. The molecule has 6 N–H and O–H groups in total. The summed E-state index contributed by atoms with van der Waals surface area (Å²) in [4.78, 5) is 41.8. The van der Waals surface area contributed by atoms with Crippen LogP contribution in [0.3, 0.4) is 0 Å². The van der Waals surface area contributed by atoms with Crippen LogP contribution >= 0.6 is 0 Å². The molecule has 4 aliphatic heterocycles. The summed E-state index contributed by atoms with van der Waals surface area (Å²) in [6.45, 7) is 19.4. The van der Waals surface area contributed by atoms with Crippen LogP contribution < -0.4 is 10.7 Å². The molecule has 1 unspecified atom stereocenters. The monoisotopic (exact) mass is 1150 g/mol. The van der Waals surface area contributed by atoms with E-state index in [0.717, 1.165) is 29.5 Å². The number of carboxylic acids is 1. The van der Waals surface area contributed by atoms with E-state index in [2.05, 4.69) is 16.5 Å². The van der Waals surface area contributed by atoms with Crippen LogP contribution in [0.5, 0.6) is 0 Å². The normalized spacial score (nSPS) is 38.3. The van der Waals surface area contributed by atoms with E-state index in [4.69, 9.17) is 37.3 Å². The molecule has 22 nitrogen and oxygen atoms in total. The number of carboxylic acid groups (broad SMARTS) is 1. The van der Waals surface area contributed by atoms with E-state index < -0.39 is 123 Å². The minimum atomic E-state index is -4.21. The number of cyclic esters (lactones) is 1. The molecule has 1 aromatic heterocycles. The van der Waals surface area contributed by atoms with Crippen LogP contribution in [0.15, 0.2) is 28.3 Å². The molecule has 19 atom stereocenters. The number of aliphatic hydroxyl groups excluding tert-OH is 2. The van der Waals surface area contributed by atoms with E-state index in [1.54, 1.807) is 61.5 Å². The first-order chi connectivity index (χ1) is 37.4. The Morgan fingerprint density at radius 2 is 1.60 bits per heavy atom. The van der Waals surface area contributed by atoms with Crippen LogP contribution in [-0.4, -0.2) is 193 Å². The van der Waals surface area contributed by atoms with E-state index in [1.165, 1.54) is 27.3 Å². The number of aromatic nitrogens is 1. The number of aromatic carboxylic acids is 1. The fourth-order valence-electron chi connectivity index (χ4n) is 12.9. The van der Waals surface area contributed by atoms with Gasteiger partial charge in [0.1, 0.15) is 29.5 Å². The Hall–Kier alpha value is -3.69. The number of carbonyl (C=O) groups is 2. The molecule has 23 heteroatoms. The molecule has 0 spiro atoms. The molecule has 6 rings (SSSR count). The molecule has 3 fully saturated rings. The maximum atomic E-state index is 14.6. The fraction of sp³-hybridized carbons (Fsp3) is 0.789. The standard InChI is InChI=1S/C57H92N4O18S/c1-16-42-57(11,68)49(64)33(5)44(59-69)30(2)27-55(9,72-14)50(78-54-47(63)41(60(12)13)24-32(4)74-54)34(6)48(35(7)53(67)76-42)77-43-28-56(10,73-15)51(36(8)75-43)79-80(70,71)23-22-58-21-17-18-37-25-38-20-19-31(3)61-29-40(52(65)66)46(62)39(26-37)45(38)61/h25-26,29-36,41-43,47-51,54,58,63-64,68-69H,16-24,27-28H2,1-15H3,(H,65,66)/b59-44+/t30-,31?,32-,33+,34+,35-,36+,41+,42-,43+,47-,48+,49-,50-,51+,54+,55-,56-,57-/m1/s1. The number of likely N-dealkylation sites (N-methyl/N-ethyl adjacent to an activating group) is 1. The summed E-state index contributed by atoms with van der Waals surface area (Å²) >= 11 is 0. The smallest absolute Gasteiger partial charge is 0.341 e. The molecule has 0 saturated carbocycles. The lowest BCUT2D eigenvalue weighted by Crippen LogP contribution is -2.62. The quantitative estimate of drug-likeness (QED) is 0.0384. The number of nitrogens with zero attached hydrogens (tertiary/aromatic N) is 3. The first-order valence-corrected chi connectivity index (χ1v) is 29.9. The van der Waals surface area contributed by atoms with Gasteiger partial charge in [-0.3, -0.25) is 13.8 Å². The molecular formula is C57H92N4O18S. The minimum Gasteiger partial charge on any atom is -0.477 e. The van der Waals surface area contributed by atoms with Crippen molar-refractivity contribution >= 4 is 38.7 Å². The zero-order valence-electron chi connectivity index (χ0n) is 49.5. The van der Waals surface area contributed by atoms with Gasteiger partial charge in [0.25, 0.3) is 10.1 Å². The van der Waals surface area contributed by atoms with Crippen molar-refractivity contribution in [3.63, 3.8) is 0 Å².